The number of anilines is 1. The van der Waals surface area contributed by atoms with Crippen molar-refractivity contribution < 1.29 is 4.79 Å². The van der Waals surface area contributed by atoms with Gasteiger partial charge in [-0.1, -0.05) is 29.8 Å². The van der Waals surface area contributed by atoms with E-state index in [1.807, 2.05) is 61.2 Å². The molecule has 0 bridgehead atoms. The first-order chi connectivity index (χ1) is 20.3. The smallest absolute Gasteiger partial charge is 0.244 e. The lowest BCUT2D eigenvalue weighted by molar-refractivity contribution is -0.136. The molecule has 1 aliphatic heterocycles. The Morgan fingerprint density at radius 2 is 1.95 bits per heavy atom. The summed E-state index contributed by atoms with van der Waals surface area (Å²) in [6.07, 6.45) is 8.06. The molecule has 1 saturated heterocycles. The van der Waals surface area contributed by atoms with Crippen molar-refractivity contribution in [3.05, 3.63) is 83.6 Å². The van der Waals surface area contributed by atoms with Gasteiger partial charge in [0, 0.05) is 63.0 Å². The number of piperazine rings is 1. The Hall–Kier alpha value is -5.08. The first-order valence-electron chi connectivity index (χ1n) is 13.7. The zero-order valence-electron chi connectivity index (χ0n) is 24.3. The minimum atomic E-state index is -0.325. The highest BCUT2D eigenvalue weighted by molar-refractivity contribution is 6.09. The van der Waals surface area contributed by atoms with Crippen molar-refractivity contribution in [1.82, 2.24) is 29.4 Å². The summed E-state index contributed by atoms with van der Waals surface area (Å²) in [6.45, 7) is 4.60. The lowest BCUT2D eigenvalue weighted by Gasteiger charge is -2.38. The highest BCUT2D eigenvalue weighted by Gasteiger charge is 2.30. The second-order valence-electron chi connectivity index (χ2n) is 10.4. The Bertz CT molecular complexity index is 1690. The van der Waals surface area contributed by atoms with Crippen LogP contribution in [0.4, 0.5) is 5.82 Å². The molecular weight excluding hydrogens is 528 g/mol. The molecule has 0 radical (unpaired) electrons. The normalized spacial score (nSPS) is 15.0. The minimum Gasteiger partial charge on any atom is -0.404 e. The Balaban J connectivity index is 1.36. The lowest BCUT2D eigenvalue weighted by Crippen LogP contribution is -2.51. The molecule has 3 aromatic heterocycles. The number of hydrogen-bond acceptors (Lipinski definition) is 9. The van der Waals surface area contributed by atoms with Crippen LogP contribution in [0, 0.1) is 18.3 Å². The van der Waals surface area contributed by atoms with E-state index < -0.39 is 0 Å². The molecular formula is C31H34N10O. The summed E-state index contributed by atoms with van der Waals surface area (Å²) in [6, 6.07) is 13.9. The number of aromatic nitrogens is 4. The van der Waals surface area contributed by atoms with Gasteiger partial charge in [0.15, 0.2) is 0 Å². The van der Waals surface area contributed by atoms with Gasteiger partial charge in [-0.05, 0) is 38.7 Å². The second kappa shape index (κ2) is 12.2. The minimum absolute atomic E-state index is 0.108. The number of carbonyl (C=O) groups excluding carboxylic acids is 1. The predicted molar refractivity (Wildman–Crippen MR) is 164 cm³/mol. The van der Waals surface area contributed by atoms with Crippen LogP contribution in [0.3, 0.4) is 0 Å². The fourth-order valence-corrected chi connectivity index (χ4v) is 5.31. The van der Waals surface area contributed by atoms with Gasteiger partial charge in [0.2, 0.25) is 5.91 Å². The van der Waals surface area contributed by atoms with Crippen LogP contribution in [0.5, 0.6) is 0 Å². The molecule has 1 amide bonds. The van der Waals surface area contributed by atoms with E-state index in [-0.39, 0.29) is 11.9 Å². The van der Waals surface area contributed by atoms with Gasteiger partial charge in [-0.3, -0.25) is 14.7 Å². The SMILES string of the molecule is CN=CC(=CN)c1cn2ncc(C#N)c2c(-c2ccc(N3CCN(C(=O)C(c4cccc(C)c4)N(C)C)CC3)nc2)n1. The number of nitriles is 1. The van der Waals surface area contributed by atoms with Gasteiger partial charge >= 0.3 is 0 Å². The lowest BCUT2D eigenvalue weighted by atomic mass is 10.0. The van der Waals surface area contributed by atoms with E-state index in [1.54, 1.807) is 30.2 Å². The molecule has 4 aromatic rings. The summed E-state index contributed by atoms with van der Waals surface area (Å²) in [5.74, 6) is 0.923. The van der Waals surface area contributed by atoms with Gasteiger partial charge in [0.25, 0.3) is 0 Å². The van der Waals surface area contributed by atoms with Gasteiger partial charge < -0.3 is 15.5 Å². The number of nitrogens with two attached hydrogens (primary N) is 1. The van der Waals surface area contributed by atoms with E-state index in [9.17, 15) is 10.1 Å². The number of carbonyl (C=O) groups is 1. The zero-order chi connectivity index (χ0) is 29.8. The molecule has 5 rings (SSSR count). The Kier molecular flexibility index (Phi) is 8.26. The van der Waals surface area contributed by atoms with Gasteiger partial charge in [-0.2, -0.15) is 10.4 Å². The van der Waals surface area contributed by atoms with Gasteiger partial charge in [-0.25, -0.2) is 14.5 Å². The number of amides is 1. The Morgan fingerprint density at radius 3 is 2.57 bits per heavy atom. The third-order valence-electron chi connectivity index (χ3n) is 7.41. The number of aliphatic imine (C=N–C) groups is 1. The van der Waals surface area contributed by atoms with Crippen LogP contribution in [0.1, 0.15) is 28.4 Å². The van der Waals surface area contributed by atoms with E-state index in [0.717, 1.165) is 22.5 Å². The maximum Gasteiger partial charge on any atom is 0.244 e. The van der Waals surface area contributed by atoms with E-state index in [0.29, 0.717) is 54.2 Å². The molecule has 11 nitrogen and oxygen atoms in total. The number of pyridine rings is 1. The van der Waals surface area contributed by atoms with Crippen molar-refractivity contribution in [3.8, 4) is 17.3 Å². The van der Waals surface area contributed by atoms with Crippen molar-refractivity contribution in [2.24, 2.45) is 10.7 Å². The van der Waals surface area contributed by atoms with Crippen LogP contribution in [-0.2, 0) is 4.79 Å². The predicted octanol–water partition coefficient (Wildman–Crippen LogP) is 2.92. The van der Waals surface area contributed by atoms with Crippen molar-refractivity contribution in [3.63, 3.8) is 0 Å². The van der Waals surface area contributed by atoms with Crippen LogP contribution < -0.4 is 10.6 Å². The average molecular weight is 563 g/mol. The molecule has 1 unspecified atom stereocenters. The quantitative estimate of drug-likeness (QED) is 0.340. The van der Waals surface area contributed by atoms with Crippen molar-refractivity contribution >= 4 is 29.0 Å². The van der Waals surface area contributed by atoms with Crippen LogP contribution in [0.15, 0.2) is 66.2 Å². The molecule has 1 fully saturated rings. The van der Waals surface area contributed by atoms with Crippen LogP contribution in [0.25, 0.3) is 22.3 Å². The summed E-state index contributed by atoms with van der Waals surface area (Å²) >= 11 is 0. The zero-order valence-corrected chi connectivity index (χ0v) is 24.3. The van der Waals surface area contributed by atoms with Gasteiger partial charge in [0.1, 0.15) is 29.0 Å². The summed E-state index contributed by atoms with van der Waals surface area (Å²) in [7, 11) is 5.55. The molecule has 42 heavy (non-hydrogen) atoms. The fourth-order valence-electron chi connectivity index (χ4n) is 5.31. The molecule has 2 N–H and O–H groups in total. The molecule has 1 aromatic carbocycles. The maximum absolute atomic E-state index is 13.6. The monoisotopic (exact) mass is 562 g/mol. The Morgan fingerprint density at radius 1 is 1.17 bits per heavy atom. The summed E-state index contributed by atoms with van der Waals surface area (Å²) in [4.78, 5) is 33.3. The number of likely N-dealkylation sites (N-methyl/N-ethyl adjacent to an activating group) is 1. The number of aryl methyl sites for hydroxylation is 1. The molecule has 4 heterocycles. The molecule has 0 saturated carbocycles. The largest absolute Gasteiger partial charge is 0.404 e. The van der Waals surface area contributed by atoms with Crippen molar-refractivity contribution in [1.29, 1.82) is 5.26 Å². The molecule has 0 spiro atoms. The summed E-state index contributed by atoms with van der Waals surface area (Å²) in [5.41, 5.74) is 11.5. The maximum atomic E-state index is 13.6. The molecule has 0 aliphatic carbocycles. The number of nitrogens with zero attached hydrogens (tertiary/aromatic N) is 9. The highest BCUT2D eigenvalue weighted by atomic mass is 16.2. The van der Waals surface area contributed by atoms with E-state index >= 15 is 0 Å². The first-order valence-corrected chi connectivity index (χ1v) is 13.7. The fraction of sp³-hybridized carbons (Fsp3) is 0.290. The Labute approximate surface area is 245 Å². The van der Waals surface area contributed by atoms with E-state index in [1.165, 1.54) is 12.4 Å². The third kappa shape index (κ3) is 5.57. The number of fused-ring (bicyclic) bond motifs is 1. The molecule has 11 heteroatoms. The third-order valence-corrected chi connectivity index (χ3v) is 7.41. The van der Waals surface area contributed by atoms with E-state index in [2.05, 4.69) is 27.1 Å². The molecule has 1 aliphatic rings. The topological polar surface area (TPSA) is 132 Å². The average Bonchev–Trinajstić information content (AvgIpc) is 3.43. The standard InChI is InChI=1S/C31H34N10O/c1-21-6-5-7-22(14-21)30(38(3)4)31(42)40-12-10-39(11-13-40)27-9-8-23(18-35-27)28-29-25(16-33)19-36-41(29)20-26(37-28)24(15-32)17-34-2/h5-9,14-15,17-20,30H,10-13,32H2,1-4H3. The highest BCUT2D eigenvalue weighted by Crippen LogP contribution is 2.29. The van der Waals surface area contributed by atoms with Crippen LogP contribution in [0.2, 0.25) is 0 Å². The van der Waals surface area contributed by atoms with Crippen LogP contribution in [-0.4, -0.2) is 88.8 Å². The number of benzene rings is 1. The number of hydrogen-bond donors (Lipinski definition) is 1. The number of rotatable bonds is 7. The summed E-state index contributed by atoms with van der Waals surface area (Å²) < 4.78 is 1.63. The van der Waals surface area contributed by atoms with Crippen molar-refractivity contribution in [2.45, 2.75) is 13.0 Å². The first kappa shape index (κ1) is 28.4. The summed E-state index contributed by atoms with van der Waals surface area (Å²) in [5, 5.41) is 14.0. The molecule has 1 atom stereocenters. The molecule has 214 valence electrons. The van der Waals surface area contributed by atoms with Gasteiger partial charge in [0.05, 0.1) is 23.8 Å². The van der Waals surface area contributed by atoms with E-state index in [4.69, 9.17) is 15.7 Å². The second-order valence-corrected chi connectivity index (χ2v) is 10.4. The van der Waals surface area contributed by atoms with Crippen molar-refractivity contribution in [2.75, 3.05) is 52.2 Å². The number of allylic oxidation sites excluding steroid dienone is 1. The van der Waals surface area contributed by atoms with Crippen LogP contribution >= 0.6 is 0 Å². The van der Waals surface area contributed by atoms with Gasteiger partial charge in [-0.15, -0.1) is 0 Å².